The second-order valence-corrected chi connectivity index (χ2v) is 5.19. The van der Waals surface area contributed by atoms with Gasteiger partial charge in [-0.2, -0.15) is 13.1 Å². The van der Waals surface area contributed by atoms with Crippen LogP contribution in [0.5, 0.6) is 11.5 Å². The number of nitrogens with zero attached hydrogens (tertiary/aromatic N) is 1. The summed E-state index contributed by atoms with van der Waals surface area (Å²) in [5, 5.41) is 0. The summed E-state index contributed by atoms with van der Waals surface area (Å²) in [4.78, 5) is 0. The van der Waals surface area contributed by atoms with Crippen LogP contribution in [0.4, 0.5) is 5.69 Å². The zero-order valence-corrected chi connectivity index (χ0v) is 10.5. The Bertz CT molecular complexity index is 515. The number of ether oxygens (including phenoxy) is 2. The number of hydrogen-bond acceptors (Lipinski definition) is 4. The molecule has 0 saturated carbocycles. The standard InChI is InChI=1S/C10H14N2O4S/c1-15-9-4-3-8(7-10(9)16-2)12-6-5-11-17(12,13)14/h3-4,7,11H,5-6H2,1-2H3. The molecule has 0 atom stereocenters. The third kappa shape index (κ3) is 2.16. The minimum atomic E-state index is -3.40. The summed E-state index contributed by atoms with van der Waals surface area (Å²) in [6.45, 7) is 0.828. The minimum Gasteiger partial charge on any atom is -0.493 e. The van der Waals surface area contributed by atoms with Crippen LogP contribution in [-0.2, 0) is 10.2 Å². The van der Waals surface area contributed by atoms with Crippen molar-refractivity contribution >= 4 is 15.9 Å². The SMILES string of the molecule is COc1ccc(N2CCNS2(=O)=O)cc1OC. The van der Waals surface area contributed by atoms with E-state index in [0.29, 0.717) is 30.3 Å². The first-order valence-electron chi connectivity index (χ1n) is 5.08. The molecule has 94 valence electrons. The maximum absolute atomic E-state index is 11.7. The predicted octanol–water partition coefficient (Wildman–Crippen LogP) is 0.358. The van der Waals surface area contributed by atoms with Gasteiger partial charge in [-0.1, -0.05) is 0 Å². The van der Waals surface area contributed by atoms with Gasteiger partial charge in [0.1, 0.15) is 0 Å². The topological polar surface area (TPSA) is 67.9 Å². The molecule has 1 aromatic rings. The molecule has 1 saturated heterocycles. The normalized spacial score (nSPS) is 18.1. The second kappa shape index (κ2) is 4.42. The molecular weight excluding hydrogens is 244 g/mol. The first kappa shape index (κ1) is 12.0. The van der Waals surface area contributed by atoms with Gasteiger partial charge in [0.2, 0.25) is 0 Å². The highest BCUT2D eigenvalue weighted by molar-refractivity contribution is 7.91. The Morgan fingerprint density at radius 3 is 2.47 bits per heavy atom. The highest BCUT2D eigenvalue weighted by Gasteiger charge is 2.28. The Labute approximate surface area is 100 Å². The maximum Gasteiger partial charge on any atom is 0.301 e. The first-order valence-corrected chi connectivity index (χ1v) is 6.52. The fourth-order valence-corrected chi connectivity index (χ4v) is 2.95. The molecule has 0 aliphatic carbocycles. The molecule has 1 aliphatic heterocycles. The van der Waals surface area contributed by atoms with E-state index < -0.39 is 10.2 Å². The maximum atomic E-state index is 11.7. The van der Waals surface area contributed by atoms with Gasteiger partial charge in [-0.25, -0.2) is 0 Å². The lowest BCUT2D eigenvalue weighted by atomic mass is 10.2. The Hall–Kier alpha value is -1.47. The van der Waals surface area contributed by atoms with Gasteiger partial charge >= 0.3 is 10.2 Å². The van der Waals surface area contributed by atoms with Crippen LogP contribution in [0.25, 0.3) is 0 Å². The summed E-state index contributed by atoms with van der Waals surface area (Å²) in [7, 11) is -0.352. The van der Waals surface area contributed by atoms with Crippen LogP contribution in [0.2, 0.25) is 0 Å². The second-order valence-electron chi connectivity index (χ2n) is 3.51. The van der Waals surface area contributed by atoms with E-state index in [9.17, 15) is 8.42 Å². The molecule has 0 radical (unpaired) electrons. The van der Waals surface area contributed by atoms with Crippen molar-refractivity contribution in [2.75, 3.05) is 31.6 Å². The van der Waals surface area contributed by atoms with Crippen molar-refractivity contribution in [1.82, 2.24) is 4.72 Å². The lowest BCUT2D eigenvalue weighted by molar-refractivity contribution is 0.355. The van der Waals surface area contributed by atoms with Crippen LogP contribution in [0.1, 0.15) is 0 Å². The zero-order chi connectivity index (χ0) is 12.5. The molecule has 6 nitrogen and oxygen atoms in total. The van der Waals surface area contributed by atoms with Crippen LogP contribution in [0.3, 0.4) is 0 Å². The zero-order valence-electron chi connectivity index (χ0n) is 9.63. The van der Waals surface area contributed by atoms with Crippen molar-refractivity contribution in [3.05, 3.63) is 18.2 Å². The van der Waals surface area contributed by atoms with Crippen molar-refractivity contribution in [1.29, 1.82) is 0 Å². The van der Waals surface area contributed by atoms with Crippen molar-refractivity contribution in [3.8, 4) is 11.5 Å². The molecule has 1 heterocycles. The third-order valence-electron chi connectivity index (χ3n) is 2.54. The Balaban J connectivity index is 2.40. The number of rotatable bonds is 3. The average molecular weight is 258 g/mol. The van der Waals surface area contributed by atoms with Crippen LogP contribution in [0, 0.1) is 0 Å². The van der Waals surface area contributed by atoms with Crippen molar-refractivity contribution in [2.24, 2.45) is 0 Å². The van der Waals surface area contributed by atoms with Crippen molar-refractivity contribution in [2.45, 2.75) is 0 Å². The van der Waals surface area contributed by atoms with E-state index in [1.165, 1.54) is 18.5 Å². The monoisotopic (exact) mass is 258 g/mol. The van der Waals surface area contributed by atoms with Crippen molar-refractivity contribution < 1.29 is 17.9 Å². The molecule has 0 unspecified atom stereocenters. The molecule has 1 N–H and O–H groups in total. The van der Waals surface area contributed by atoms with Gasteiger partial charge < -0.3 is 9.47 Å². The Morgan fingerprint density at radius 2 is 1.94 bits per heavy atom. The number of nitrogens with one attached hydrogen (secondary N) is 1. The summed E-state index contributed by atoms with van der Waals surface area (Å²) in [5.74, 6) is 1.08. The molecule has 0 spiro atoms. The molecule has 2 rings (SSSR count). The summed E-state index contributed by atoms with van der Waals surface area (Å²) >= 11 is 0. The minimum absolute atomic E-state index is 0.413. The van der Waals surface area contributed by atoms with Gasteiger partial charge in [-0.3, -0.25) is 4.31 Å². The van der Waals surface area contributed by atoms with Gasteiger partial charge in [-0.05, 0) is 12.1 Å². The summed E-state index contributed by atoms with van der Waals surface area (Å²) in [6.07, 6.45) is 0. The molecule has 17 heavy (non-hydrogen) atoms. The molecule has 1 aromatic carbocycles. The van der Waals surface area contributed by atoms with Crippen LogP contribution in [0.15, 0.2) is 18.2 Å². The molecule has 1 aliphatic rings. The molecule has 0 amide bonds. The van der Waals surface area contributed by atoms with Gasteiger partial charge in [0.25, 0.3) is 0 Å². The smallest absolute Gasteiger partial charge is 0.301 e. The van der Waals surface area contributed by atoms with Crippen LogP contribution < -0.4 is 18.5 Å². The first-order chi connectivity index (χ1) is 8.08. The lowest BCUT2D eigenvalue weighted by Gasteiger charge is -2.17. The fraction of sp³-hybridized carbons (Fsp3) is 0.400. The quantitative estimate of drug-likeness (QED) is 0.850. The molecule has 7 heteroatoms. The molecule has 0 bridgehead atoms. The predicted molar refractivity (Wildman–Crippen MR) is 63.8 cm³/mol. The van der Waals surface area contributed by atoms with E-state index in [-0.39, 0.29) is 0 Å². The largest absolute Gasteiger partial charge is 0.493 e. The van der Waals surface area contributed by atoms with E-state index >= 15 is 0 Å². The number of benzene rings is 1. The van der Waals surface area contributed by atoms with E-state index in [4.69, 9.17) is 9.47 Å². The van der Waals surface area contributed by atoms with E-state index in [0.717, 1.165) is 0 Å². The van der Waals surface area contributed by atoms with Crippen molar-refractivity contribution in [3.63, 3.8) is 0 Å². The number of methoxy groups -OCH3 is 2. The Kier molecular flexibility index (Phi) is 3.12. The fourth-order valence-electron chi connectivity index (χ4n) is 1.72. The van der Waals surface area contributed by atoms with Gasteiger partial charge in [0, 0.05) is 19.2 Å². The van der Waals surface area contributed by atoms with Gasteiger partial charge in [-0.15, -0.1) is 0 Å². The van der Waals surface area contributed by atoms with Gasteiger partial charge in [0.05, 0.1) is 19.9 Å². The summed E-state index contributed by atoms with van der Waals surface area (Å²) in [5.41, 5.74) is 0.563. The molecule has 0 aromatic heterocycles. The van der Waals surface area contributed by atoms with Gasteiger partial charge in [0.15, 0.2) is 11.5 Å². The van der Waals surface area contributed by atoms with E-state index in [2.05, 4.69) is 4.72 Å². The summed E-state index contributed by atoms with van der Waals surface area (Å²) in [6, 6.07) is 5.01. The van der Waals surface area contributed by atoms with E-state index in [1.54, 1.807) is 18.2 Å². The third-order valence-corrected chi connectivity index (χ3v) is 4.09. The highest BCUT2D eigenvalue weighted by Crippen LogP contribution is 2.32. The number of hydrogen-bond donors (Lipinski definition) is 1. The van der Waals surface area contributed by atoms with E-state index in [1.807, 2.05) is 0 Å². The lowest BCUT2D eigenvalue weighted by Crippen LogP contribution is -2.29. The average Bonchev–Trinajstić information content (AvgIpc) is 2.68. The molecule has 1 fully saturated rings. The highest BCUT2D eigenvalue weighted by atomic mass is 32.2. The molecular formula is C10H14N2O4S. The van der Waals surface area contributed by atoms with Crippen LogP contribution in [-0.4, -0.2) is 35.7 Å². The number of anilines is 1. The Morgan fingerprint density at radius 1 is 1.24 bits per heavy atom. The summed E-state index contributed by atoms with van der Waals surface area (Å²) < 4.78 is 37.3. The van der Waals surface area contributed by atoms with Crippen LogP contribution >= 0.6 is 0 Å².